The van der Waals surface area contributed by atoms with Crippen molar-refractivity contribution in [3.8, 4) is 11.5 Å². The predicted octanol–water partition coefficient (Wildman–Crippen LogP) is 2.40. The molecule has 0 bridgehead atoms. The molecule has 1 aliphatic heterocycles. The SMILES string of the molecule is O=C(O)Cn1nccc1[C@@H]1CCCN(c2noc(-c3ccccc3)n2)C1. The zero-order valence-electron chi connectivity index (χ0n) is 14.2. The number of aliphatic carboxylic acids is 1. The third kappa shape index (κ3) is 3.30. The van der Waals surface area contributed by atoms with Crippen LogP contribution in [0.2, 0.25) is 0 Å². The Morgan fingerprint density at radius 2 is 2.12 bits per heavy atom. The van der Waals surface area contributed by atoms with Gasteiger partial charge in [0.2, 0.25) is 0 Å². The van der Waals surface area contributed by atoms with E-state index in [0.717, 1.165) is 30.6 Å². The molecule has 1 saturated heterocycles. The Labute approximate surface area is 150 Å². The third-order valence-electron chi connectivity index (χ3n) is 4.59. The highest BCUT2D eigenvalue weighted by atomic mass is 16.5. The second-order valence-electron chi connectivity index (χ2n) is 6.36. The fourth-order valence-corrected chi connectivity index (χ4v) is 3.39. The number of carboxylic acid groups (broad SMARTS) is 1. The molecule has 1 aromatic carbocycles. The van der Waals surface area contributed by atoms with Crippen molar-refractivity contribution >= 4 is 11.9 Å². The highest BCUT2D eigenvalue weighted by Crippen LogP contribution is 2.29. The molecular formula is C18H19N5O3. The predicted molar refractivity (Wildman–Crippen MR) is 93.8 cm³/mol. The zero-order valence-corrected chi connectivity index (χ0v) is 14.2. The molecular weight excluding hydrogens is 334 g/mol. The summed E-state index contributed by atoms with van der Waals surface area (Å²) < 4.78 is 6.97. The van der Waals surface area contributed by atoms with Crippen LogP contribution in [0.5, 0.6) is 0 Å². The van der Waals surface area contributed by atoms with Crippen molar-refractivity contribution in [3.05, 3.63) is 48.3 Å². The van der Waals surface area contributed by atoms with Crippen molar-refractivity contribution < 1.29 is 14.4 Å². The number of hydrogen-bond acceptors (Lipinski definition) is 6. The standard InChI is InChI=1S/C18H19N5O3/c24-16(25)12-23-15(8-9-19-23)14-7-4-10-22(11-14)18-20-17(26-21-18)13-5-2-1-3-6-13/h1-3,5-6,8-9,14H,4,7,10-12H2,(H,24,25)/t14-/m1/s1. The highest BCUT2D eigenvalue weighted by molar-refractivity contribution is 5.66. The molecule has 4 rings (SSSR count). The summed E-state index contributed by atoms with van der Waals surface area (Å²) in [5, 5.41) is 17.3. The molecule has 134 valence electrons. The molecule has 3 heterocycles. The molecule has 0 radical (unpaired) electrons. The van der Waals surface area contributed by atoms with Crippen LogP contribution < -0.4 is 4.90 Å². The maximum atomic E-state index is 11.0. The summed E-state index contributed by atoms with van der Waals surface area (Å²) in [5.74, 6) is 0.356. The fourth-order valence-electron chi connectivity index (χ4n) is 3.39. The number of piperidine rings is 1. The molecule has 1 aliphatic rings. The molecule has 3 aromatic rings. The lowest BCUT2D eigenvalue weighted by molar-refractivity contribution is -0.137. The summed E-state index contributed by atoms with van der Waals surface area (Å²) in [6, 6.07) is 11.6. The smallest absolute Gasteiger partial charge is 0.325 e. The Bertz CT molecular complexity index is 889. The molecule has 0 aliphatic carbocycles. The van der Waals surface area contributed by atoms with Crippen molar-refractivity contribution in [2.45, 2.75) is 25.3 Å². The summed E-state index contributed by atoms with van der Waals surface area (Å²) >= 11 is 0. The van der Waals surface area contributed by atoms with Crippen LogP contribution in [0.4, 0.5) is 5.95 Å². The number of nitrogens with zero attached hydrogens (tertiary/aromatic N) is 5. The topological polar surface area (TPSA) is 97.3 Å². The largest absolute Gasteiger partial charge is 0.480 e. The number of carbonyl (C=O) groups is 1. The van der Waals surface area contributed by atoms with Gasteiger partial charge in [0.05, 0.1) is 0 Å². The average Bonchev–Trinajstić information content (AvgIpc) is 3.32. The third-order valence-corrected chi connectivity index (χ3v) is 4.59. The first-order valence-corrected chi connectivity index (χ1v) is 8.58. The Morgan fingerprint density at radius 3 is 2.92 bits per heavy atom. The number of anilines is 1. The van der Waals surface area contributed by atoms with Crippen molar-refractivity contribution in [2.24, 2.45) is 0 Å². The van der Waals surface area contributed by atoms with Crippen LogP contribution in [0.15, 0.2) is 47.1 Å². The van der Waals surface area contributed by atoms with E-state index in [2.05, 4.69) is 20.1 Å². The van der Waals surface area contributed by atoms with Crippen molar-refractivity contribution in [1.29, 1.82) is 0 Å². The van der Waals surface area contributed by atoms with E-state index in [1.807, 2.05) is 36.4 Å². The van der Waals surface area contributed by atoms with E-state index in [1.165, 1.54) is 0 Å². The first-order valence-electron chi connectivity index (χ1n) is 8.58. The van der Waals surface area contributed by atoms with Crippen LogP contribution in [0.25, 0.3) is 11.5 Å². The molecule has 1 atom stereocenters. The minimum absolute atomic E-state index is 0.126. The van der Waals surface area contributed by atoms with Gasteiger partial charge in [0.25, 0.3) is 11.8 Å². The lowest BCUT2D eigenvalue weighted by Gasteiger charge is -2.31. The normalized spacial score (nSPS) is 17.4. The molecule has 8 nitrogen and oxygen atoms in total. The van der Waals surface area contributed by atoms with Gasteiger partial charge in [-0.1, -0.05) is 18.2 Å². The first-order chi connectivity index (χ1) is 12.7. The van der Waals surface area contributed by atoms with E-state index in [0.29, 0.717) is 18.4 Å². The fraction of sp³-hybridized carbons (Fsp3) is 0.333. The summed E-state index contributed by atoms with van der Waals surface area (Å²) in [6.07, 6.45) is 3.60. The number of aromatic nitrogens is 4. The lowest BCUT2D eigenvalue weighted by atomic mass is 9.95. The molecule has 1 fully saturated rings. The second-order valence-corrected chi connectivity index (χ2v) is 6.36. The number of benzene rings is 1. The molecule has 26 heavy (non-hydrogen) atoms. The van der Waals surface area contributed by atoms with E-state index < -0.39 is 5.97 Å². The van der Waals surface area contributed by atoms with Gasteiger partial charge in [-0.3, -0.25) is 9.48 Å². The summed E-state index contributed by atoms with van der Waals surface area (Å²) in [5.41, 5.74) is 1.82. The van der Waals surface area contributed by atoms with Gasteiger partial charge < -0.3 is 14.5 Å². The molecule has 8 heteroatoms. The van der Waals surface area contributed by atoms with Crippen molar-refractivity contribution in [2.75, 3.05) is 18.0 Å². The number of hydrogen-bond donors (Lipinski definition) is 1. The molecule has 2 aromatic heterocycles. The summed E-state index contributed by atoms with van der Waals surface area (Å²) in [7, 11) is 0. The average molecular weight is 353 g/mol. The Kier molecular flexibility index (Phi) is 4.39. The quantitative estimate of drug-likeness (QED) is 0.752. The summed E-state index contributed by atoms with van der Waals surface area (Å²) in [6.45, 7) is 1.43. The van der Waals surface area contributed by atoms with E-state index in [4.69, 9.17) is 9.63 Å². The summed E-state index contributed by atoms with van der Waals surface area (Å²) in [4.78, 5) is 17.6. The van der Waals surface area contributed by atoms with E-state index >= 15 is 0 Å². The van der Waals surface area contributed by atoms with Gasteiger partial charge in [0, 0.05) is 36.5 Å². The maximum absolute atomic E-state index is 11.0. The minimum atomic E-state index is -0.895. The van der Waals surface area contributed by atoms with Gasteiger partial charge in [-0.2, -0.15) is 10.1 Å². The molecule has 1 N–H and O–H groups in total. The van der Waals surface area contributed by atoms with Gasteiger partial charge in [0.15, 0.2) is 0 Å². The van der Waals surface area contributed by atoms with E-state index in [1.54, 1.807) is 10.9 Å². The van der Waals surface area contributed by atoms with Crippen LogP contribution >= 0.6 is 0 Å². The Balaban J connectivity index is 1.52. The van der Waals surface area contributed by atoms with Crippen molar-refractivity contribution in [3.63, 3.8) is 0 Å². The second kappa shape index (κ2) is 6.99. The monoisotopic (exact) mass is 353 g/mol. The Hall–Kier alpha value is -3.16. The van der Waals surface area contributed by atoms with Crippen LogP contribution in [-0.2, 0) is 11.3 Å². The van der Waals surface area contributed by atoms with Gasteiger partial charge in [0.1, 0.15) is 6.54 Å². The molecule has 0 amide bonds. The number of rotatable bonds is 5. The zero-order chi connectivity index (χ0) is 17.9. The first kappa shape index (κ1) is 16.3. The molecule has 0 saturated carbocycles. The lowest BCUT2D eigenvalue weighted by Crippen LogP contribution is -2.36. The van der Waals surface area contributed by atoms with Gasteiger partial charge in [-0.15, -0.1) is 0 Å². The van der Waals surface area contributed by atoms with E-state index in [-0.39, 0.29) is 12.5 Å². The van der Waals surface area contributed by atoms with Crippen molar-refractivity contribution in [1.82, 2.24) is 19.9 Å². The maximum Gasteiger partial charge on any atom is 0.325 e. The van der Waals surface area contributed by atoms with Crippen LogP contribution in [0, 0.1) is 0 Å². The van der Waals surface area contributed by atoms with Gasteiger partial charge >= 0.3 is 5.97 Å². The van der Waals surface area contributed by atoms with Gasteiger partial charge in [-0.05, 0) is 36.2 Å². The van der Waals surface area contributed by atoms with Crippen LogP contribution in [0.1, 0.15) is 24.5 Å². The number of carboxylic acids is 1. The minimum Gasteiger partial charge on any atom is -0.480 e. The molecule has 0 spiro atoms. The Morgan fingerprint density at radius 1 is 1.27 bits per heavy atom. The highest BCUT2D eigenvalue weighted by Gasteiger charge is 2.27. The van der Waals surface area contributed by atoms with Gasteiger partial charge in [-0.25, -0.2) is 0 Å². The van der Waals surface area contributed by atoms with Crippen LogP contribution in [0.3, 0.4) is 0 Å². The molecule has 0 unspecified atom stereocenters. The van der Waals surface area contributed by atoms with Crippen LogP contribution in [-0.4, -0.2) is 44.1 Å². The van der Waals surface area contributed by atoms with E-state index in [9.17, 15) is 4.79 Å².